The van der Waals surface area contributed by atoms with Gasteiger partial charge in [-0.2, -0.15) is 0 Å². The van der Waals surface area contributed by atoms with Gasteiger partial charge in [0.2, 0.25) is 5.78 Å². The highest BCUT2D eigenvalue weighted by molar-refractivity contribution is 6.34. The van der Waals surface area contributed by atoms with Crippen molar-refractivity contribution in [2.24, 2.45) is 0 Å². The molecule has 86 valence electrons. The van der Waals surface area contributed by atoms with E-state index >= 15 is 0 Å². The third-order valence-electron chi connectivity index (χ3n) is 2.11. The van der Waals surface area contributed by atoms with Gasteiger partial charge in [0, 0.05) is 12.5 Å². The molecule has 0 aliphatic heterocycles. The summed E-state index contributed by atoms with van der Waals surface area (Å²) in [5.41, 5.74) is 0.386. The maximum atomic E-state index is 12.0. The third-order valence-corrected chi connectivity index (χ3v) is 2.44. The molecule has 1 aromatic carbocycles. The van der Waals surface area contributed by atoms with Crippen molar-refractivity contribution in [2.45, 2.75) is 26.4 Å². The Hall–Kier alpha value is -1.35. The van der Waals surface area contributed by atoms with E-state index in [4.69, 9.17) is 16.3 Å². The maximum absolute atomic E-state index is 12.0. The van der Waals surface area contributed by atoms with Gasteiger partial charge in [0.25, 0.3) is 0 Å². The molecule has 0 radical (unpaired) electrons. The molecule has 0 heterocycles. The van der Waals surface area contributed by atoms with Gasteiger partial charge in [-0.3, -0.25) is 9.59 Å². The molecule has 0 aliphatic carbocycles. The average Bonchev–Trinajstić information content (AvgIpc) is 2.25. The molecule has 4 heteroatoms. The van der Waals surface area contributed by atoms with Crippen LogP contribution in [0.5, 0.6) is 0 Å². The number of carbonyl (C=O) groups excluding carboxylic acids is 2. The Labute approximate surface area is 99.4 Å². The van der Waals surface area contributed by atoms with E-state index in [0.717, 1.165) is 0 Å². The Bertz CT molecular complexity index is 401. The molecule has 0 saturated heterocycles. The Morgan fingerprint density at radius 3 is 2.50 bits per heavy atom. The van der Waals surface area contributed by atoms with E-state index in [1.54, 1.807) is 31.2 Å². The quantitative estimate of drug-likeness (QED) is 0.600. The zero-order valence-corrected chi connectivity index (χ0v) is 9.95. The lowest BCUT2D eigenvalue weighted by Crippen LogP contribution is -2.25. The van der Waals surface area contributed by atoms with Crippen molar-refractivity contribution in [1.82, 2.24) is 0 Å². The van der Waals surface area contributed by atoms with Crippen LogP contribution < -0.4 is 0 Å². The molecule has 0 spiro atoms. The lowest BCUT2D eigenvalue weighted by atomic mass is 10.0. The van der Waals surface area contributed by atoms with Crippen molar-refractivity contribution in [3.05, 3.63) is 34.9 Å². The summed E-state index contributed by atoms with van der Waals surface area (Å²) in [4.78, 5) is 22.8. The summed E-state index contributed by atoms with van der Waals surface area (Å²) in [6.07, 6.45) is -0.318. The molecule has 0 aliphatic rings. The summed E-state index contributed by atoms with van der Waals surface area (Å²) in [5, 5.41) is 0.373. The van der Waals surface area contributed by atoms with E-state index in [9.17, 15) is 9.59 Å². The minimum absolute atomic E-state index is 0.261. The van der Waals surface area contributed by atoms with Crippen LogP contribution in [0.15, 0.2) is 24.3 Å². The van der Waals surface area contributed by atoms with Gasteiger partial charge in [-0.25, -0.2) is 0 Å². The van der Waals surface area contributed by atoms with Gasteiger partial charge >= 0.3 is 5.97 Å². The maximum Gasteiger partial charge on any atom is 0.303 e. The van der Waals surface area contributed by atoms with Crippen LogP contribution >= 0.6 is 11.6 Å². The van der Waals surface area contributed by atoms with Gasteiger partial charge in [-0.05, 0) is 18.6 Å². The second-order valence-corrected chi connectivity index (χ2v) is 3.76. The SMILES string of the molecule is CCC(OC(C)=O)C(=O)c1ccccc1Cl. The van der Waals surface area contributed by atoms with Crippen LogP contribution in [0.2, 0.25) is 5.02 Å². The van der Waals surface area contributed by atoms with Crippen molar-refractivity contribution >= 4 is 23.4 Å². The number of hydrogen-bond acceptors (Lipinski definition) is 3. The Balaban J connectivity index is 2.91. The molecular formula is C12H13ClO3. The predicted octanol–water partition coefficient (Wildman–Crippen LogP) is 2.86. The highest BCUT2D eigenvalue weighted by Gasteiger charge is 2.22. The molecule has 3 nitrogen and oxygen atoms in total. The molecule has 1 rings (SSSR count). The zero-order valence-electron chi connectivity index (χ0n) is 9.20. The Kier molecular flexibility index (Phi) is 4.50. The van der Waals surface area contributed by atoms with Crippen LogP contribution in [0.3, 0.4) is 0 Å². The van der Waals surface area contributed by atoms with Crippen LogP contribution in [0.25, 0.3) is 0 Å². The van der Waals surface area contributed by atoms with Crippen molar-refractivity contribution in [3.63, 3.8) is 0 Å². The van der Waals surface area contributed by atoms with Gasteiger partial charge < -0.3 is 4.74 Å². The monoisotopic (exact) mass is 240 g/mol. The molecule has 0 saturated carbocycles. The molecule has 1 aromatic rings. The summed E-state index contributed by atoms with van der Waals surface area (Å²) < 4.78 is 4.92. The van der Waals surface area contributed by atoms with Gasteiger partial charge in [-0.15, -0.1) is 0 Å². The second kappa shape index (κ2) is 5.66. The number of hydrogen-bond donors (Lipinski definition) is 0. The number of halogens is 1. The van der Waals surface area contributed by atoms with Gasteiger partial charge in [0.1, 0.15) is 0 Å². The van der Waals surface area contributed by atoms with E-state index in [0.29, 0.717) is 17.0 Å². The summed E-state index contributed by atoms with van der Waals surface area (Å²) in [5.74, 6) is -0.726. The lowest BCUT2D eigenvalue weighted by Gasteiger charge is -2.14. The van der Waals surface area contributed by atoms with Gasteiger partial charge in [-0.1, -0.05) is 30.7 Å². The fraction of sp³-hybridized carbons (Fsp3) is 0.333. The van der Waals surface area contributed by atoms with E-state index < -0.39 is 12.1 Å². The fourth-order valence-electron chi connectivity index (χ4n) is 1.36. The predicted molar refractivity (Wildman–Crippen MR) is 61.6 cm³/mol. The van der Waals surface area contributed by atoms with Crippen LogP contribution in [-0.4, -0.2) is 17.9 Å². The zero-order chi connectivity index (χ0) is 12.1. The summed E-state index contributed by atoms with van der Waals surface area (Å²) >= 11 is 5.90. The minimum Gasteiger partial charge on any atom is -0.454 e. The Morgan fingerprint density at radius 2 is 2.00 bits per heavy atom. The molecular weight excluding hydrogens is 228 g/mol. The molecule has 16 heavy (non-hydrogen) atoms. The first kappa shape index (κ1) is 12.7. The summed E-state index contributed by atoms with van der Waals surface area (Å²) in [7, 11) is 0. The summed E-state index contributed by atoms with van der Waals surface area (Å²) in [6.45, 7) is 3.06. The van der Waals surface area contributed by atoms with E-state index in [1.165, 1.54) is 6.92 Å². The first-order chi connectivity index (χ1) is 7.56. The number of carbonyl (C=O) groups is 2. The average molecular weight is 241 g/mol. The molecule has 1 atom stereocenters. The lowest BCUT2D eigenvalue weighted by molar-refractivity contribution is -0.144. The molecule has 0 aromatic heterocycles. The standard InChI is InChI=1S/C12H13ClO3/c1-3-11(16-8(2)14)12(15)9-6-4-5-7-10(9)13/h4-7,11H,3H2,1-2H3. The first-order valence-electron chi connectivity index (χ1n) is 5.02. The van der Waals surface area contributed by atoms with Crippen molar-refractivity contribution in [3.8, 4) is 0 Å². The number of ketones is 1. The normalized spacial score (nSPS) is 11.9. The Morgan fingerprint density at radius 1 is 1.38 bits per heavy atom. The van der Waals surface area contributed by atoms with Gasteiger partial charge in [0.15, 0.2) is 6.10 Å². The minimum atomic E-state index is -0.752. The first-order valence-corrected chi connectivity index (χ1v) is 5.40. The topological polar surface area (TPSA) is 43.4 Å². The number of esters is 1. The van der Waals surface area contributed by atoms with Crippen molar-refractivity contribution in [1.29, 1.82) is 0 Å². The molecule has 1 unspecified atom stereocenters. The van der Waals surface area contributed by atoms with Crippen LogP contribution in [0, 0.1) is 0 Å². The van der Waals surface area contributed by atoms with Crippen molar-refractivity contribution in [2.75, 3.05) is 0 Å². The van der Waals surface area contributed by atoms with Crippen LogP contribution in [0.1, 0.15) is 30.6 Å². The smallest absolute Gasteiger partial charge is 0.303 e. The number of ether oxygens (including phenoxy) is 1. The fourth-order valence-corrected chi connectivity index (χ4v) is 1.59. The third kappa shape index (κ3) is 3.07. The molecule has 0 bridgehead atoms. The highest BCUT2D eigenvalue weighted by atomic mass is 35.5. The number of rotatable bonds is 4. The number of Topliss-reactive ketones (excluding diaryl/α,β-unsaturated/α-hetero) is 1. The summed E-state index contributed by atoms with van der Waals surface area (Å²) in [6, 6.07) is 6.72. The van der Waals surface area contributed by atoms with Crippen LogP contribution in [-0.2, 0) is 9.53 Å². The van der Waals surface area contributed by atoms with Crippen LogP contribution in [0.4, 0.5) is 0 Å². The highest BCUT2D eigenvalue weighted by Crippen LogP contribution is 2.18. The molecule has 0 N–H and O–H groups in total. The van der Waals surface area contributed by atoms with E-state index in [-0.39, 0.29) is 5.78 Å². The van der Waals surface area contributed by atoms with E-state index in [2.05, 4.69) is 0 Å². The molecule has 0 amide bonds. The van der Waals surface area contributed by atoms with Gasteiger partial charge in [0.05, 0.1) is 5.02 Å². The van der Waals surface area contributed by atoms with Crippen molar-refractivity contribution < 1.29 is 14.3 Å². The second-order valence-electron chi connectivity index (χ2n) is 3.35. The van der Waals surface area contributed by atoms with E-state index in [1.807, 2.05) is 0 Å². The molecule has 0 fully saturated rings. The number of benzene rings is 1. The largest absolute Gasteiger partial charge is 0.454 e.